The van der Waals surface area contributed by atoms with Gasteiger partial charge >= 0.3 is 11.9 Å². The molecule has 1 saturated heterocycles. The molecule has 0 amide bonds. The number of aliphatic hydroxyl groups is 1. The zero-order valence-corrected chi connectivity index (χ0v) is 13.5. The third-order valence-electron chi connectivity index (χ3n) is 5.33. The van der Waals surface area contributed by atoms with Crippen LogP contribution in [-0.2, 0) is 19.1 Å². The summed E-state index contributed by atoms with van der Waals surface area (Å²) >= 11 is 1.22. The fourth-order valence-corrected chi connectivity index (χ4v) is 5.81. The summed E-state index contributed by atoms with van der Waals surface area (Å²) in [7, 11) is 1.30. The van der Waals surface area contributed by atoms with E-state index in [1.165, 1.54) is 25.8 Å². The fraction of sp³-hybridized carbons (Fsp3) is 0.867. The molecule has 3 rings (SSSR count). The fourth-order valence-electron chi connectivity index (χ4n) is 4.31. The summed E-state index contributed by atoms with van der Waals surface area (Å²) in [6, 6.07) is 0. The molecule has 1 N–H and O–H groups in total. The highest BCUT2D eigenvalue weighted by Gasteiger charge is 2.71. The Morgan fingerprint density at radius 1 is 1.55 bits per heavy atom. The Labute approximate surface area is 132 Å². The molecule has 1 heterocycles. The summed E-state index contributed by atoms with van der Waals surface area (Å²) in [5.41, 5.74) is -2.81. The number of esters is 2. The Morgan fingerprint density at radius 2 is 2.27 bits per heavy atom. The van der Waals surface area contributed by atoms with Crippen molar-refractivity contribution >= 4 is 23.7 Å². The van der Waals surface area contributed by atoms with E-state index in [1.807, 2.05) is 0 Å². The molecule has 2 aliphatic carbocycles. The molecule has 0 aromatic heterocycles. The first-order valence-electron chi connectivity index (χ1n) is 7.61. The Morgan fingerprint density at radius 3 is 2.95 bits per heavy atom. The van der Waals surface area contributed by atoms with Crippen molar-refractivity contribution in [2.24, 2.45) is 11.8 Å². The van der Waals surface area contributed by atoms with Crippen molar-refractivity contribution < 1.29 is 28.6 Å². The number of rotatable bonds is 4. The van der Waals surface area contributed by atoms with Crippen LogP contribution in [-0.4, -0.2) is 52.5 Å². The predicted molar refractivity (Wildman–Crippen MR) is 78.1 cm³/mol. The second kappa shape index (κ2) is 5.37. The van der Waals surface area contributed by atoms with Crippen LogP contribution >= 0.6 is 11.8 Å². The molecule has 3 fully saturated rings. The lowest BCUT2D eigenvalue weighted by Crippen LogP contribution is -2.60. The van der Waals surface area contributed by atoms with Gasteiger partial charge in [0.05, 0.1) is 18.8 Å². The molecule has 22 heavy (non-hydrogen) atoms. The van der Waals surface area contributed by atoms with Gasteiger partial charge in [-0.05, 0) is 32.1 Å². The molecule has 124 valence electrons. The summed E-state index contributed by atoms with van der Waals surface area (Å²) in [6.07, 6.45) is 1.15. The number of carbonyl (C=O) groups is 2. The van der Waals surface area contributed by atoms with E-state index in [0.29, 0.717) is 18.6 Å². The van der Waals surface area contributed by atoms with E-state index < -0.39 is 34.5 Å². The molecule has 2 saturated carbocycles. The number of alkyl halides is 1. The first kappa shape index (κ1) is 16.1. The average Bonchev–Trinajstić information content (AvgIpc) is 2.88. The monoisotopic (exact) mass is 332 g/mol. The van der Waals surface area contributed by atoms with Gasteiger partial charge in [0.15, 0.2) is 0 Å². The van der Waals surface area contributed by atoms with Crippen LogP contribution in [0.15, 0.2) is 0 Å². The highest BCUT2D eigenvalue weighted by molar-refractivity contribution is 8.00. The number of halogens is 1. The van der Waals surface area contributed by atoms with Gasteiger partial charge in [0, 0.05) is 5.75 Å². The summed E-state index contributed by atoms with van der Waals surface area (Å²) < 4.78 is 25.0. The van der Waals surface area contributed by atoms with Gasteiger partial charge in [0.2, 0.25) is 0 Å². The molecule has 0 aromatic rings. The lowest BCUT2D eigenvalue weighted by molar-refractivity contribution is -0.146. The van der Waals surface area contributed by atoms with Crippen molar-refractivity contribution in [2.75, 3.05) is 12.9 Å². The smallest absolute Gasteiger partial charge is 0.313 e. The highest BCUT2D eigenvalue weighted by atomic mass is 32.2. The molecule has 0 aromatic carbocycles. The second-order valence-electron chi connectivity index (χ2n) is 6.66. The number of ether oxygens (including phenoxy) is 2. The third kappa shape index (κ3) is 2.24. The minimum atomic E-state index is -1.57. The molecule has 0 spiro atoms. The largest absolute Gasteiger partial charge is 0.469 e. The Hall–Kier alpha value is -0.820. The van der Waals surface area contributed by atoms with Gasteiger partial charge < -0.3 is 14.6 Å². The Balaban J connectivity index is 1.81. The number of hydrogen-bond donors (Lipinski definition) is 1. The topological polar surface area (TPSA) is 72.8 Å². The van der Waals surface area contributed by atoms with Gasteiger partial charge in [0.25, 0.3) is 0 Å². The summed E-state index contributed by atoms with van der Waals surface area (Å²) in [5.74, 6) is -1.60. The van der Waals surface area contributed by atoms with E-state index in [0.717, 1.165) is 0 Å². The van der Waals surface area contributed by atoms with E-state index in [4.69, 9.17) is 4.74 Å². The minimum absolute atomic E-state index is 0.154. The van der Waals surface area contributed by atoms with Crippen LogP contribution in [0.25, 0.3) is 0 Å². The molecule has 7 heteroatoms. The third-order valence-corrected chi connectivity index (χ3v) is 6.89. The van der Waals surface area contributed by atoms with Gasteiger partial charge in [0.1, 0.15) is 23.3 Å². The van der Waals surface area contributed by atoms with Gasteiger partial charge in [-0.25, -0.2) is 4.39 Å². The van der Waals surface area contributed by atoms with Crippen molar-refractivity contribution in [3.8, 4) is 0 Å². The van der Waals surface area contributed by atoms with Crippen LogP contribution < -0.4 is 0 Å². The average molecular weight is 332 g/mol. The van der Waals surface area contributed by atoms with Crippen LogP contribution in [0.1, 0.15) is 32.6 Å². The van der Waals surface area contributed by atoms with Gasteiger partial charge in [-0.2, -0.15) is 11.8 Å². The molecule has 1 unspecified atom stereocenters. The van der Waals surface area contributed by atoms with E-state index in [2.05, 4.69) is 4.74 Å². The van der Waals surface area contributed by atoms with Crippen LogP contribution in [0.4, 0.5) is 4.39 Å². The van der Waals surface area contributed by atoms with E-state index in [9.17, 15) is 14.7 Å². The Kier molecular flexibility index (Phi) is 3.92. The van der Waals surface area contributed by atoms with Crippen LogP contribution in [0.5, 0.6) is 0 Å². The number of methoxy groups -OCH3 is 1. The Bertz CT molecular complexity index is 496. The quantitative estimate of drug-likeness (QED) is 0.786. The van der Waals surface area contributed by atoms with Crippen molar-refractivity contribution in [2.45, 2.75) is 55.2 Å². The number of thioether (sulfide) groups is 1. The standard InChI is InChI=1S/C15H21FO5S/c1-14(16)7-8-3-4-9-15(8,19)11(13(18)21-9)12(14)22-6-5-10(17)20-2/h8-9,11-12,19H,3-7H2,1-2H3/t8-,9-,11?,12+,14-,15-/m1/s1. The molecule has 1 aliphatic heterocycles. The van der Waals surface area contributed by atoms with Crippen molar-refractivity contribution in [1.82, 2.24) is 0 Å². The maximum absolute atomic E-state index is 15.1. The first-order chi connectivity index (χ1) is 10.3. The van der Waals surface area contributed by atoms with Crippen LogP contribution in [0.3, 0.4) is 0 Å². The molecule has 6 atom stereocenters. The SMILES string of the molecule is COC(=O)CCS[C@H]1C2C(=O)O[C@@H]3CC[C@H](C[C@@]1(C)F)[C@]23O. The summed E-state index contributed by atoms with van der Waals surface area (Å²) in [5, 5.41) is 10.3. The maximum atomic E-state index is 15.1. The minimum Gasteiger partial charge on any atom is -0.469 e. The molecule has 0 bridgehead atoms. The molecule has 3 aliphatic rings. The van der Waals surface area contributed by atoms with Crippen LogP contribution in [0.2, 0.25) is 0 Å². The zero-order valence-electron chi connectivity index (χ0n) is 12.7. The van der Waals surface area contributed by atoms with Gasteiger partial charge in [-0.1, -0.05) is 0 Å². The molecular weight excluding hydrogens is 311 g/mol. The van der Waals surface area contributed by atoms with Crippen molar-refractivity contribution in [1.29, 1.82) is 0 Å². The molecule has 0 radical (unpaired) electrons. The normalized spacial score (nSPS) is 46.3. The van der Waals surface area contributed by atoms with E-state index in [1.54, 1.807) is 0 Å². The van der Waals surface area contributed by atoms with Crippen molar-refractivity contribution in [3.05, 3.63) is 0 Å². The lowest BCUT2D eigenvalue weighted by Gasteiger charge is -2.47. The summed E-state index contributed by atoms with van der Waals surface area (Å²) in [6.45, 7) is 1.49. The number of carbonyl (C=O) groups excluding carboxylic acids is 2. The predicted octanol–water partition coefficient (Wildman–Crippen LogP) is 1.47. The molecular formula is C15H21FO5S. The lowest BCUT2D eigenvalue weighted by atomic mass is 9.65. The van der Waals surface area contributed by atoms with Crippen LogP contribution in [0, 0.1) is 11.8 Å². The summed E-state index contributed by atoms with van der Waals surface area (Å²) in [4.78, 5) is 23.4. The highest BCUT2D eigenvalue weighted by Crippen LogP contribution is 2.60. The second-order valence-corrected chi connectivity index (χ2v) is 7.91. The van der Waals surface area contributed by atoms with Crippen molar-refractivity contribution in [3.63, 3.8) is 0 Å². The number of hydrogen-bond acceptors (Lipinski definition) is 6. The van der Waals surface area contributed by atoms with E-state index >= 15 is 4.39 Å². The molecule has 5 nitrogen and oxygen atoms in total. The van der Waals surface area contributed by atoms with E-state index in [-0.39, 0.29) is 24.7 Å². The first-order valence-corrected chi connectivity index (χ1v) is 8.65. The van der Waals surface area contributed by atoms with Gasteiger partial charge in [-0.15, -0.1) is 0 Å². The van der Waals surface area contributed by atoms with Gasteiger partial charge in [-0.3, -0.25) is 9.59 Å². The maximum Gasteiger partial charge on any atom is 0.313 e. The zero-order chi connectivity index (χ0) is 16.1.